The van der Waals surface area contributed by atoms with Gasteiger partial charge in [-0.2, -0.15) is 0 Å². The van der Waals surface area contributed by atoms with E-state index in [-0.39, 0.29) is 47.4 Å². The molecule has 0 aliphatic carbocycles. The number of thioether (sulfide) groups is 1. The van der Waals surface area contributed by atoms with Crippen molar-refractivity contribution in [1.82, 2.24) is 10.0 Å². The van der Waals surface area contributed by atoms with Gasteiger partial charge in [-0.15, -0.1) is 11.8 Å². The van der Waals surface area contributed by atoms with E-state index in [0.29, 0.717) is 0 Å². The molecule has 7 nitrogen and oxygen atoms in total. The Bertz CT molecular complexity index is 952. The summed E-state index contributed by atoms with van der Waals surface area (Å²) in [4.78, 5) is 13.4. The second-order valence-corrected chi connectivity index (χ2v) is 9.39. The molecule has 164 valence electrons. The highest BCUT2D eigenvalue weighted by Gasteiger charge is 2.16. The molecule has 0 spiro atoms. The Morgan fingerprint density at radius 1 is 1.20 bits per heavy atom. The van der Waals surface area contributed by atoms with Crippen LogP contribution in [0.5, 0.6) is 5.75 Å². The molecule has 2 rings (SSSR count). The first-order chi connectivity index (χ1) is 14.3. The summed E-state index contributed by atoms with van der Waals surface area (Å²) in [5.74, 6) is -0.0925. The van der Waals surface area contributed by atoms with Gasteiger partial charge >= 0.3 is 0 Å². The SMILES string of the molecule is COCCNS(=O)(=O)c1ccc(OCC(=O)NC(C)c2ccc(SC)cc2)c(Cl)c1. The molecule has 10 heteroatoms. The summed E-state index contributed by atoms with van der Waals surface area (Å²) in [5, 5.41) is 2.95. The zero-order chi connectivity index (χ0) is 22.1. The minimum absolute atomic E-state index is 0.00252. The number of carbonyl (C=O) groups excluding carboxylic acids is 1. The maximum atomic E-state index is 12.2. The van der Waals surface area contributed by atoms with Gasteiger partial charge in [0, 0.05) is 18.6 Å². The number of amides is 1. The van der Waals surface area contributed by atoms with E-state index in [4.69, 9.17) is 21.1 Å². The van der Waals surface area contributed by atoms with Crippen LogP contribution in [-0.2, 0) is 19.6 Å². The van der Waals surface area contributed by atoms with Gasteiger partial charge in [-0.3, -0.25) is 4.79 Å². The Morgan fingerprint density at radius 2 is 1.90 bits per heavy atom. The maximum Gasteiger partial charge on any atom is 0.258 e. The van der Waals surface area contributed by atoms with E-state index in [1.54, 1.807) is 11.8 Å². The van der Waals surface area contributed by atoms with Crippen LogP contribution in [0.3, 0.4) is 0 Å². The molecule has 0 aliphatic rings. The summed E-state index contributed by atoms with van der Waals surface area (Å²) >= 11 is 7.79. The quantitative estimate of drug-likeness (QED) is 0.385. The molecule has 0 saturated carbocycles. The van der Waals surface area contributed by atoms with Crippen molar-refractivity contribution in [3.8, 4) is 5.75 Å². The number of methoxy groups -OCH3 is 1. The predicted octanol–water partition coefficient (Wildman–Crippen LogP) is 3.24. The molecule has 1 unspecified atom stereocenters. The minimum Gasteiger partial charge on any atom is -0.482 e. The molecule has 2 aromatic rings. The first kappa shape index (κ1) is 24.5. The number of sulfonamides is 1. The van der Waals surface area contributed by atoms with Gasteiger partial charge in [-0.05, 0) is 49.1 Å². The molecule has 0 bridgehead atoms. The monoisotopic (exact) mass is 472 g/mol. The van der Waals surface area contributed by atoms with Gasteiger partial charge in [-0.1, -0.05) is 23.7 Å². The van der Waals surface area contributed by atoms with Crippen molar-refractivity contribution in [2.75, 3.05) is 33.1 Å². The third kappa shape index (κ3) is 7.17. The van der Waals surface area contributed by atoms with Gasteiger partial charge in [0.1, 0.15) is 5.75 Å². The molecule has 30 heavy (non-hydrogen) atoms. The lowest BCUT2D eigenvalue weighted by Gasteiger charge is -2.15. The van der Waals surface area contributed by atoms with Gasteiger partial charge in [0.25, 0.3) is 5.91 Å². The number of hydrogen-bond donors (Lipinski definition) is 2. The van der Waals surface area contributed by atoms with Crippen molar-refractivity contribution >= 4 is 39.3 Å². The Balaban J connectivity index is 1.92. The molecule has 0 fully saturated rings. The molecule has 0 aliphatic heterocycles. The summed E-state index contributed by atoms with van der Waals surface area (Å²) in [5.41, 5.74) is 0.981. The van der Waals surface area contributed by atoms with Crippen LogP contribution < -0.4 is 14.8 Å². The highest BCUT2D eigenvalue weighted by molar-refractivity contribution is 7.98. The molecule has 1 amide bonds. The first-order valence-corrected chi connectivity index (χ1v) is 12.2. The molecule has 0 heterocycles. The van der Waals surface area contributed by atoms with Gasteiger partial charge in [0.15, 0.2) is 6.61 Å². The Hall–Kier alpha value is -1.78. The van der Waals surface area contributed by atoms with Gasteiger partial charge in [0.05, 0.1) is 22.6 Å². The van der Waals surface area contributed by atoms with Gasteiger partial charge in [-0.25, -0.2) is 13.1 Å². The fraction of sp³-hybridized carbons (Fsp3) is 0.350. The second kappa shape index (κ2) is 11.6. The zero-order valence-electron chi connectivity index (χ0n) is 17.0. The Kier molecular flexibility index (Phi) is 9.44. The number of rotatable bonds is 11. The third-order valence-corrected chi connectivity index (χ3v) is 6.66. The molecule has 0 saturated heterocycles. The Labute approximate surface area is 186 Å². The van der Waals surface area contributed by atoms with Crippen molar-refractivity contribution in [1.29, 1.82) is 0 Å². The summed E-state index contributed by atoms with van der Waals surface area (Å²) in [6, 6.07) is 11.8. The van der Waals surface area contributed by atoms with Crippen LogP contribution >= 0.6 is 23.4 Å². The van der Waals surface area contributed by atoms with Crippen LogP contribution in [0.25, 0.3) is 0 Å². The van der Waals surface area contributed by atoms with Crippen LogP contribution in [0.1, 0.15) is 18.5 Å². The summed E-state index contributed by atoms with van der Waals surface area (Å²) in [7, 11) is -2.22. The van der Waals surface area contributed by atoms with Crippen LogP contribution in [0.4, 0.5) is 0 Å². The van der Waals surface area contributed by atoms with Crippen LogP contribution in [0.15, 0.2) is 52.3 Å². The predicted molar refractivity (Wildman–Crippen MR) is 119 cm³/mol. The van der Waals surface area contributed by atoms with Crippen molar-refractivity contribution < 1.29 is 22.7 Å². The first-order valence-electron chi connectivity index (χ1n) is 9.11. The summed E-state index contributed by atoms with van der Waals surface area (Å²) in [6.45, 7) is 2.04. The largest absolute Gasteiger partial charge is 0.482 e. The summed E-state index contributed by atoms with van der Waals surface area (Å²) in [6.07, 6.45) is 2.00. The van der Waals surface area contributed by atoms with E-state index in [1.807, 2.05) is 37.4 Å². The normalized spacial score (nSPS) is 12.4. The highest BCUT2D eigenvalue weighted by Crippen LogP contribution is 2.27. The lowest BCUT2D eigenvalue weighted by atomic mass is 10.1. The van der Waals surface area contributed by atoms with Gasteiger partial charge in [0.2, 0.25) is 10.0 Å². The number of ether oxygens (including phenoxy) is 2. The van der Waals surface area contributed by atoms with Crippen LogP contribution in [0, 0.1) is 0 Å². The maximum absolute atomic E-state index is 12.2. The van der Waals surface area contributed by atoms with Crippen molar-refractivity contribution in [3.63, 3.8) is 0 Å². The third-order valence-electron chi connectivity index (χ3n) is 4.16. The smallest absolute Gasteiger partial charge is 0.258 e. The molecule has 1 atom stereocenters. The second-order valence-electron chi connectivity index (χ2n) is 6.33. The van der Waals surface area contributed by atoms with E-state index in [9.17, 15) is 13.2 Å². The fourth-order valence-electron chi connectivity index (χ4n) is 2.53. The minimum atomic E-state index is -3.71. The Morgan fingerprint density at radius 3 is 2.50 bits per heavy atom. The molecule has 2 aromatic carbocycles. The van der Waals surface area contributed by atoms with E-state index in [2.05, 4.69) is 10.0 Å². The lowest BCUT2D eigenvalue weighted by Crippen LogP contribution is -2.31. The topological polar surface area (TPSA) is 93.7 Å². The molecular weight excluding hydrogens is 448 g/mol. The number of benzene rings is 2. The average molecular weight is 473 g/mol. The molecular formula is C20H25ClN2O5S2. The van der Waals surface area contributed by atoms with Gasteiger partial charge < -0.3 is 14.8 Å². The zero-order valence-corrected chi connectivity index (χ0v) is 19.4. The van der Waals surface area contributed by atoms with E-state index < -0.39 is 10.0 Å². The fourth-order valence-corrected chi connectivity index (χ4v) is 4.28. The number of nitrogens with one attached hydrogen (secondary N) is 2. The van der Waals surface area contributed by atoms with E-state index >= 15 is 0 Å². The van der Waals surface area contributed by atoms with Crippen molar-refractivity contribution in [2.45, 2.75) is 22.8 Å². The summed E-state index contributed by atoms with van der Waals surface area (Å²) < 4.78 is 37.1. The van der Waals surface area contributed by atoms with E-state index in [0.717, 1.165) is 10.5 Å². The number of hydrogen-bond acceptors (Lipinski definition) is 6. The highest BCUT2D eigenvalue weighted by atomic mass is 35.5. The average Bonchev–Trinajstić information content (AvgIpc) is 2.73. The van der Waals surface area contributed by atoms with Crippen LogP contribution in [0.2, 0.25) is 5.02 Å². The van der Waals surface area contributed by atoms with Crippen molar-refractivity contribution in [3.05, 3.63) is 53.1 Å². The molecule has 0 radical (unpaired) electrons. The van der Waals surface area contributed by atoms with Crippen LogP contribution in [-0.4, -0.2) is 47.4 Å². The number of halogens is 1. The lowest BCUT2D eigenvalue weighted by molar-refractivity contribution is -0.123. The standard InChI is InChI=1S/C20H25ClN2O5S2/c1-14(15-4-6-16(29-3)7-5-15)23-20(24)13-28-19-9-8-17(12-18(19)21)30(25,26)22-10-11-27-2/h4-9,12,14,22H,10-11,13H2,1-3H3,(H,23,24). The molecule has 0 aromatic heterocycles. The number of carbonyl (C=O) groups is 1. The van der Waals surface area contributed by atoms with E-state index in [1.165, 1.54) is 25.3 Å². The molecule has 2 N–H and O–H groups in total. The van der Waals surface area contributed by atoms with Crippen molar-refractivity contribution in [2.24, 2.45) is 0 Å².